The molecule has 0 spiro atoms. The van der Waals surface area contributed by atoms with Crippen molar-refractivity contribution in [3.63, 3.8) is 0 Å². The van der Waals surface area contributed by atoms with Crippen LogP contribution >= 0.6 is 11.3 Å². The third-order valence-electron chi connectivity index (χ3n) is 4.16. The van der Waals surface area contributed by atoms with Gasteiger partial charge in [0.15, 0.2) is 11.3 Å². The number of aryl methyl sites for hydroxylation is 2. The Labute approximate surface area is 154 Å². The van der Waals surface area contributed by atoms with Crippen molar-refractivity contribution >= 4 is 29.0 Å². The number of carbonyl (C=O) groups excluding carboxylic acids is 2. The van der Waals surface area contributed by atoms with Crippen molar-refractivity contribution in [2.75, 3.05) is 0 Å². The Morgan fingerprint density at radius 1 is 1.15 bits per heavy atom. The number of aliphatic carboxylic acids is 1. The normalized spacial score (nSPS) is 13.1. The molecule has 1 unspecified atom stereocenters. The third-order valence-corrected chi connectivity index (χ3v) is 5.13. The van der Waals surface area contributed by atoms with E-state index in [-0.39, 0.29) is 24.2 Å². The molecule has 138 valence electrons. The number of halogens is 1. The van der Waals surface area contributed by atoms with E-state index in [2.05, 4.69) is 5.32 Å². The standard InChI is InChI=1S/C19H20FNO4S/c1-11-10-15(12(2)26-11)16(22)8-9-17(23)21-19(3,18(24)25)13-4-6-14(20)7-5-13/h4-7,10H,8-9H2,1-3H3,(H,21,23)(H,24,25). The van der Waals surface area contributed by atoms with Gasteiger partial charge < -0.3 is 10.4 Å². The fourth-order valence-electron chi connectivity index (χ4n) is 2.64. The molecule has 0 fully saturated rings. The number of nitrogens with one attached hydrogen (secondary N) is 1. The van der Waals surface area contributed by atoms with Crippen LogP contribution in [0.15, 0.2) is 30.3 Å². The highest BCUT2D eigenvalue weighted by Crippen LogP contribution is 2.24. The Bertz CT molecular complexity index is 844. The summed E-state index contributed by atoms with van der Waals surface area (Å²) in [6.07, 6.45) is -0.140. The van der Waals surface area contributed by atoms with Crippen LogP contribution in [0.2, 0.25) is 0 Å². The SMILES string of the molecule is Cc1cc(C(=O)CCC(=O)NC(C)(C(=O)O)c2ccc(F)cc2)c(C)s1. The number of carboxylic acid groups (broad SMARTS) is 1. The fourth-order valence-corrected chi connectivity index (χ4v) is 3.59. The van der Waals surface area contributed by atoms with Crippen LogP contribution in [0.5, 0.6) is 0 Å². The molecule has 0 bridgehead atoms. The van der Waals surface area contributed by atoms with Gasteiger partial charge in [-0.1, -0.05) is 12.1 Å². The molecule has 1 atom stereocenters. The van der Waals surface area contributed by atoms with Crippen molar-refractivity contribution in [3.05, 3.63) is 57.0 Å². The summed E-state index contributed by atoms with van der Waals surface area (Å²) in [6, 6.07) is 6.68. The Balaban J connectivity index is 2.06. The number of hydrogen-bond acceptors (Lipinski definition) is 4. The second-order valence-corrected chi connectivity index (χ2v) is 7.70. The van der Waals surface area contributed by atoms with E-state index in [9.17, 15) is 23.9 Å². The van der Waals surface area contributed by atoms with Crippen LogP contribution in [0.25, 0.3) is 0 Å². The Hall–Kier alpha value is -2.54. The van der Waals surface area contributed by atoms with Gasteiger partial charge in [0.25, 0.3) is 0 Å². The van der Waals surface area contributed by atoms with Crippen LogP contribution in [-0.2, 0) is 15.1 Å². The van der Waals surface area contributed by atoms with E-state index in [0.29, 0.717) is 5.56 Å². The molecule has 0 aliphatic heterocycles. The predicted octanol–water partition coefficient (Wildman–Crippen LogP) is 3.58. The minimum absolute atomic E-state index is 0.0119. The number of thiophene rings is 1. The van der Waals surface area contributed by atoms with Crippen LogP contribution in [0.1, 0.15) is 45.4 Å². The molecular weight excluding hydrogens is 357 g/mol. The van der Waals surface area contributed by atoms with E-state index in [1.54, 1.807) is 6.07 Å². The highest BCUT2D eigenvalue weighted by molar-refractivity contribution is 7.12. The fraction of sp³-hybridized carbons (Fsp3) is 0.316. The van der Waals surface area contributed by atoms with Crippen molar-refractivity contribution in [1.29, 1.82) is 0 Å². The lowest BCUT2D eigenvalue weighted by Crippen LogP contribution is -2.49. The smallest absolute Gasteiger partial charge is 0.333 e. The minimum atomic E-state index is -1.71. The number of rotatable bonds is 7. The summed E-state index contributed by atoms with van der Waals surface area (Å²) >= 11 is 1.51. The van der Waals surface area contributed by atoms with Gasteiger partial charge in [-0.25, -0.2) is 9.18 Å². The minimum Gasteiger partial charge on any atom is -0.479 e. The van der Waals surface area contributed by atoms with E-state index in [1.807, 2.05) is 13.8 Å². The second kappa shape index (κ2) is 7.78. The quantitative estimate of drug-likeness (QED) is 0.723. The van der Waals surface area contributed by atoms with Gasteiger partial charge in [-0.05, 0) is 44.5 Å². The van der Waals surface area contributed by atoms with Crippen molar-refractivity contribution < 1.29 is 23.9 Å². The van der Waals surface area contributed by atoms with Crippen molar-refractivity contribution in [2.24, 2.45) is 0 Å². The summed E-state index contributed by atoms with van der Waals surface area (Å²) in [6.45, 7) is 5.08. The summed E-state index contributed by atoms with van der Waals surface area (Å²) < 4.78 is 13.1. The molecule has 0 aliphatic rings. The molecule has 26 heavy (non-hydrogen) atoms. The predicted molar refractivity (Wildman–Crippen MR) is 96.9 cm³/mol. The average Bonchev–Trinajstić information content (AvgIpc) is 2.91. The van der Waals surface area contributed by atoms with Gasteiger partial charge in [-0.3, -0.25) is 9.59 Å². The molecule has 5 nitrogen and oxygen atoms in total. The molecule has 1 aromatic carbocycles. The van der Waals surface area contributed by atoms with Crippen LogP contribution in [0, 0.1) is 19.7 Å². The van der Waals surface area contributed by atoms with E-state index in [4.69, 9.17) is 0 Å². The molecule has 2 N–H and O–H groups in total. The van der Waals surface area contributed by atoms with E-state index >= 15 is 0 Å². The molecule has 0 saturated heterocycles. The second-order valence-electron chi connectivity index (χ2n) is 6.24. The number of carbonyl (C=O) groups is 3. The van der Waals surface area contributed by atoms with Gasteiger partial charge in [0, 0.05) is 28.2 Å². The lowest BCUT2D eigenvalue weighted by Gasteiger charge is -2.26. The summed E-state index contributed by atoms with van der Waals surface area (Å²) in [4.78, 5) is 38.1. The van der Waals surface area contributed by atoms with Gasteiger partial charge in [0.05, 0.1) is 0 Å². The molecule has 1 amide bonds. The highest BCUT2D eigenvalue weighted by atomic mass is 32.1. The maximum absolute atomic E-state index is 13.1. The third kappa shape index (κ3) is 4.35. The largest absolute Gasteiger partial charge is 0.479 e. The van der Waals surface area contributed by atoms with Crippen molar-refractivity contribution in [3.8, 4) is 0 Å². The van der Waals surface area contributed by atoms with Gasteiger partial charge in [0.2, 0.25) is 5.91 Å². The summed E-state index contributed by atoms with van der Waals surface area (Å²) in [7, 11) is 0. The van der Waals surface area contributed by atoms with Crippen molar-refractivity contribution in [2.45, 2.75) is 39.2 Å². The number of benzene rings is 1. The van der Waals surface area contributed by atoms with Crippen LogP contribution < -0.4 is 5.32 Å². The first-order valence-corrected chi connectivity index (χ1v) is 8.86. The molecule has 1 heterocycles. The van der Waals surface area contributed by atoms with Crippen LogP contribution in [0.4, 0.5) is 4.39 Å². The summed E-state index contributed by atoms with van der Waals surface area (Å²) in [5.74, 6) is -2.48. The number of Topliss-reactive ketones (excluding diaryl/α,β-unsaturated/α-hetero) is 1. The monoisotopic (exact) mass is 377 g/mol. The first kappa shape index (κ1) is 19.8. The Morgan fingerprint density at radius 2 is 1.77 bits per heavy atom. The first-order chi connectivity index (χ1) is 12.1. The zero-order valence-corrected chi connectivity index (χ0v) is 15.6. The molecule has 0 saturated carbocycles. The zero-order valence-electron chi connectivity index (χ0n) is 14.8. The molecule has 7 heteroatoms. The van der Waals surface area contributed by atoms with Gasteiger partial charge in [0.1, 0.15) is 5.82 Å². The Morgan fingerprint density at radius 3 is 2.27 bits per heavy atom. The first-order valence-electron chi connectivity index (χ1n) is 8.04. The summed E-state index contributed by atoms with van der Waals surface area (Å²) in [5, 5.41) is 12.0. The number of ketones is 1. The van der Waals surface area contributed by atoms with E-state index < -0.39 is 23.2 Å². The maximum Gasteiger partial charge on any atom is 0.333 e. The number of carboxylic acids is 1. The van der Waals surface area contributed by atoms with E-state index in [1.165, 1.54) is 30.4 Å². The van der Waals surface area contributed by atoms with Crippen molar-refractivity contribution in [1.82, 2.24) is 5.32 Å². The number of hydrogen-bond donors (Lipinski definition) is 2. The van der Waals surface area contributed by atoms with Crippen LogP contribution in [0.3, 0.4) is 0 Å². The lowest BCUT2D eigenvalue weighted by atomic mass is 9.91. The number of amides is 1. The highest BCUT2D eigenvalue weighted by Gasteiger charge is 2.36. The molecule has 2 rings (SSSR count). The average molecular weight is 377 g/mol. The lowest BCUT2D eigenvalue weighted by molar-refractivity contribution is -0.147. The molecule has 1 aromatic heterocycles. The maximum atomic E-state index is 13.1. The molecule has 0 aliphatic carbocycles. The van der Waals surface area contributed by atoms with Gasteiger partial charge >= 0.3 is 5.97 Å². The van der Waals surface area contributed by atoms with E-state index in [0.717, 1.165) is 21.9 Å². The van der Waals surface area contributed by atoms with Gasteiger partial charge in [-0.15, -0.1) is 11.3 Å². The molecular formula is C19H20FNO4S. The van der Waals surface area contributed by atoms with Gasteiger partial charge in [-0.2, -0.15) is 0 Å². The molecule has 0 radical (unpaired) electrons. The topological polar surface area (TPSA) is 83.5 Å². The summed E-state index contributed by atoms with van der Waals surface area (Å²) in [5.41, 5.74) is -0.863. The van der Waals surface area contributed by atoms with Crippen LogP contribution in [-0.4, -0.2) is 22.8 Å². The molecule has 2 aromatic rings. The Kier molecular flexibility index (Phi) is 5.92. The zero-order chi connectivity index (χ0) is 19.5.